The molecular weight excluding hydrogens is 419 g/mol. The molecule has 6 nitrogen and oxygen atoms in total. The number of benzene rings is 2. The number of rotatable bonds is 4. The molecule has 2 aliphatic heterocycles. The lowest BCUT2D eigenvalue weighted by molar-refractivity contribution is -0.0914. The molecule has 1 fully saturated rings. The van der Waals surface area contributed by atoms with Gasteiger partial charge in [0, 0.05) is 25.2 Å². The van der Waals surface area contributed by atoms with Crippen LogP contribution >= 0.6 is 0 Å². The highest BCUT2D eigenvalue weighted by Crippen LogP contribution is 2.40. The summed E-state index contributed by atoms with van der Waals surface area (Å²) in [6.07, 6.45) is 7.73. The zero-order chi connectivity index (χ0) is 23.2. The second-order valence-corrected chi connectivity index (χ2v) is 8.78. The summed E-state index contributed by atoms with van der Waals surface area (Å²) < 4.78 is 21.7. The fourth-order valence-electron chi connectivity index (χ4n) is 4.62. The first kappa shape index (κ1) is 21.2. The molecule has 0 N–H and O–H groups in total. The number of piperidine rings is 1. The molecule has 1 atom stereocenters. The van der Waals surface area contributed by atoms with Crippen molar-refractivity contribution in [3.8, 4) is 11.4 Å². The van der Waals surface area contributed by atoms with Crippen molar-refractivity contribution < 1.29 is 14.0 Å². The Morgan fingerprint density at radius 1 is 1.18 bits per heavy atom. The van der Waals surface area contributed by atoms with Crippen molar-refractivity contribution in [2.45, 2.75) is 39.3 Å². The van der Waals surface area contributed by atoms with Crippen molar-refractivity contribution >= 4 is 11.9 Å². The van der Waals surface area contributed by atoms with Crippen molar-refractivity contribution in [1.82, 2.24) is 14.5 Å². The molecule has 2 aliphatic rings. The van der Waals surface area contributed by atoms with Crippen LogP contribution in [0.1, 0.15) is 42.1 Å². The molecule has 5 rings (SSSR count). The molecule has 0 amide bonds. The number of fused-ring (bicyclic) bond motifs is 1. The molecule has 33 heavy (non-hydrogen) atoms. The van der Waals surface area contributed by atoms with E-state index in [0.717, 1.165) is 64.6 Å². The van der Waals surface area contributed by atoms with Crippen LogP contribution in [0.25, 0.3) is 11.8 Å². The van der Waals surface area contributed by atoms with Crippen molar-refractivity contribution in [2.24, 2.45) is 5.16 Å². The fourth-order valence-corrected chi connectivity index (χ4v) is 4.62. The van der Waals surface area contributed by atoms with E-state index in [2.05, 4.69) is 27.2 Å². The second-order valence-electron chi connectivity index (χ2n) is 8.78. The van der Waals surface area contributed by atoms with E-state index in [1.54, 1.807) is 13.4 Å². The summed E-state index contributed by atoms with van der Waals surface area (Å²) in [7, 11) is 1.67. The molecule has 1 saturated heterocycles. The quantitative estimate of drug-likeness (QED) is 0.543. The lowest BCUT2D eigenvalue weighted by atomic mass is 9.94. The van der Waals surface area contributed by atoms with Crippen LogP contribution in [0.15, 0.2) is 59.7 Å². The average Bonchev–Trinajstić information content (AvgIpc) is 3.38. The third kappa shape index (κ3) is 3.77. The van der Waals surface area contributed by atoms with Gasteiger partial charge in [-0.25, -0.2) is 9.37 Å². The summed E-state index contributed by atoms with van der Waals surface area (Å²) in [5, 5.41) is 4.44. The summed E-state index contributed by atoms with van der Waals surface area (Å²) >= 11 is 0. The number of ether oxygens (including phenoxy) is 1. The predicted molar refractivity (Wildman–Crippen MR) is 126 cm³/mol. The van der Waals surface area contributed by atoms with E-state index < -0.39 is 5.72 Å². The van der Waals surface area contributed by atoms with E-state index in [-0.39, 0.29) is 5.82 Å². The van der Waals surface area contributed by atoms with Gasteiger partial charge < -0.3 is 19.0 Å². The van der Waals surface area contributed by atoms with E-state index >= 15 is 0 Å². The monoisotopic (exact) mass is 446 g/mol. The lowest BCUT2D eigenvalue weighted by Gasteiger charge is -2.37. The molecule has 0 aliphatic carbocycles. The van der Waals surface area contributed by atoms with Crippen molar-refractivity contribution in [2.75, 3.05) is 13.7 Å². The Hall–Kier alpha value is -3.61. The first-order valence-electron chi connectivity index (χ1n) is 11.1. The fraction of sp³-hybridized carbons (Fsp3) is 0.308. The van der Waals surface area contributed by atoms with Crippen LogP contribution in [0.3, 0.4) is 0 Å². The maximum absolute atomic E-state index is 14.1. The zero-order valence-electron chi connectivity index (χ0n) is 19.3. The highest BCUT2D eigenvalue weighted by atomic mass is 19.1. The predicted octanol–water partition coefficient (Wildman–Crippen LogP) is 5.33. The molecule has 3 heterocycles. The maximum atomic E-state index is 14.1. The Morgan fingerprint density at radius 2 is 2.03 bits per heavy atom. The molecule has 0 radical (unpaired) electrons. The van der Waals surface area contributed by atoms with Gasteiger partial charge in [0.1, 0.15) is 11.6 Å². The Kier molecular flexibility index (Phi) is 5.19. The minimum atomic E-state index is -0.831. The molecule has 1 aromatic heterocycles. The zero-order valence-corrected chi connectivity index (χ0v) is 19.3. The highest BCUT2D eigenvalue weighted by molar-refractivity contribution is 6.03. The minimum absolute atomic E-state index is 0.267. The average molecular weight is 447 g/mol. The van der Waals surface area contributed by atoms with Crippen LogP contribution in [-0.4, -0.2) is 33.9 Å². The smallest absolute Gasteiger partial charge is 0.234 e. The van der Waals surface area contributed by atoms with Gasteiger partial charge in [-0.1, -0.05) is 11.2 Å². The van der Waals surface area contributed by atoms with E-state index in [9.17, 15) is 4.39 Å². The molecule has 1 unspecified atom stereocenters. The summed E-state index contributed by atoms with van der Waals surface area (Å²) in [5.74, 6) is 1.30. The first-order chi connectivity index (χ1) is 15.9. The molecule has 7 heteroatoms. The second kappa shape index (κ2) is 8.06. The number of methoxy groups -OCH3 is 1. The van der Waals surface area contributed by atoms with Gasteiger partial charge in [0.2, 0.25) is 5.72 Å². The van der Waals surface area contributed by atoms with Crippen LogP contribution in [0, 0.1) is 19.7 Å². The number of imidazole rings is 1. The number of aromatic nitrogens is 2. The Labute approximate surface area is 192 Å². The standard InChI is InChI=1S/C26H27FN4O2/c1-17-10-21(14-22(27)11-17)26(3)31-9-5-6-20(25(31)29-33-26)12-19-7-8-23(24(13-19)32-4)30-15-18(2)28-16-30/h7-8,10-16H,5-6,9H2,1-4H3. The van der Waals surface area contributed by atoms with Gasteiger partial charge in [0.25, 0.3) is 0 Å². The lowest BCUT2D eigenvalue weighted by Crippen LogP contribution is -2.47. The number of aryl methyl sites for hydroxylation is 2. The van der Waals surface area contributed by atoms with Gasteiger partial charge in [-0.05, 0) is 79.8 Å². The summed E-state index contributed by atoms with van der Waals surface area (Å²) in [6, 6.07) is 11.1. The van der Waals surface area contributed by atoms with Gasteiger partial charge in [0.15, 0.2) is 5.84 Å². The molecule has 0 bridgehead atoms. The first-order valence-corrected chi connectivity index (χ1v) is 11.1. The van der Waals surface area contributed by atoms with Crippen LogP contribution in [0.4, 0.5) is 4.39 Å². The number of amidine groups is 1. The third-order valence-electron chi connectivity index (χ3n) is 6.31. The number of hydrogen-bond donors (Lipinski definition) is 0. The largest absolute Gasteiger partial charge is 0.495 e. The molecular formula is C26H27FN4O2. The Morgan fingerprint density at radius 3 is 2.76 bits per heavy atom. The SMILES string of the molecule is COc1cc(C=C2CCCN3C2=NOC3(C)c2cc(C)cc(F)c2)ccc1-n1cnc(C)c1. The number of hydrogen-bond acceptors (Lipinski definition) is 5. The number of halogens is 1. The van der Waals surface area contributed by atoms with E-state index in [1.807, 2.05) is 49.7 Å². The van der Waals surface area contributed by atoms with Gasteiger partial charge in [0.05, 0.1) is 24.8 Å². The molecule has 0 spiro atoms. The normalized spacial score (nSPS) is 21.1. The van der Waals surface area contributed by atoms with Crippen LogP contribution in [0.2, 0.25) is 0 Å². The van der Waals surface area contributed by atoms with Crippen LogP contribution < -0.4 is 4.74 Å². The van der Waals surface area contributed by atoms with E-state index in [0.29, 0.717) is 0 Å². The van der Waals surface area contributed by atoms with Crippen molar-refractivity contribution in [3.05, 3.63) is 82.7 Å². The topological polar surface area (TPSA) is 51.9 Å². The summed E-state index contributed by atoms with van der Waals surface area (Å²) in [4.78, 5) is 12.4. The third-order valence-corrected chi connectivity index (χ3v) is 6.31. The Bertz CT molecular complexity index is 1260. The molecule has 3 aromatic rings. The van der Waals surface area contributed by atoms with Crippen molar-refractivity contribution in [3.63, 3.8) is 0 Å². The van der Waals surface area contributed by atoms with Gasteiger partial charge in [-0.3, -0.25) is 0 Å². The van der Waals surface area contributed by atoms with Gasteiger partial charge in [-0.2, -0.15) is 0 Å². The van der Waals surface area contributed by atoms with Gasteiger partial charge in [-0.15, -0.1) is 0 Å². The van der Waals surface area contributed by atoms with E-state index in [4.69, 9.17) is 9.57 Å². The molecule has 0 saturated carbocycles. The van der Waals surface area contributed by atoms with Crippen molar-refractivity contribution in [1.29, 1.82) is 0 Å². The molecule has 2 aromatic carbocycles. The Balaban J connectivity index is 1.47. The number of oxime groups is 1. The highest BCUT2D eigenvalue weighted by Gasteiger charge is 2.46. The minimum Gasteiger partial charge on any atom is -0.495 e. The summed E-state index contributed by atoms with van der Waals surface area (Å²) in [5.41, 5.74) is 4.77. The van der Waals surface area contributed by atoms with Gasteiger partial charge >= 0.3 is 0 Å². The van der Waals surface area contributed by atoms with E-state index in [1.165, 1.54) is 12.1 Å². The maximum Gasteiger partial charge on any atom is 0.234 e. The molecule has 170 valence electrons. The van der Waals surface area contributed by atoms with Crippen LogP contribution in [-0.2, 0) is 10.6 Å². The summed E-state index contributed by atoms with van der Waals surface area (Å²) in [6.45, 7) is 6.59. The van der Waals surface area contributed by atoms with Crippen LogP contribution in [0.5, 0.6) is 5.75 Å². The number of nitrogens with zero attached hydrogens (tertiary/aromatic N) is 4.